The third-order valence-electron chi connectivity index (χ3n) is 8.29. The largest absolute Gasteiger partial charge is 0.448 e. The van der Waals surface area contributed by atoms with Gasteiger partial charge in [0, 0.05) is 84.3 Å². The van der Waals surface area contributed by atoms with Crippen LogP contribution in [0.4, 0.5) is 19.1 Å². The highest BCUT2D eigenvalue weighted by molar-refractivity contribution is 7.98. The van der Waals surface area contributed by atoms with Gasteiger partial charge < -0.3 is 24.7 Å². The maximum Gasteiger partial charge on any atom is 0.401 e. The SMILES string of the molecule is CSc1cc(C)[nH]c(=O)c1CNC(=O)c1cc(-c2cnc(N(C)C)nc2)c2c(c1C)OC(C)(C1CCN(CC(F)(F)F)CC1)O2. The molecule has 5 rings (SSSR count). The smallest absolute Gasteiger partial charge is 0.401 e. The number of alkyl halides is 3. The van der Waals surface area contributed by atoms with Crippen molar-refractivity contribution < 1.29 is 27.4 Å². The van der Waals surface area contributed by atoms with Gasteiger partial charge in [-0.15, -0.1) is 11.8 Å². The number of rotatable bonds is 8. The number of nitrogens with one attached hydrogen (secondary N) is 2. The number of anilines is 1. The molecule has 45 heavy (non-hydrogen) atoms. The number of carbonyl (C=O) groups is 1. The summed E-state index contributed by atoms with van der Waals surface area (Å²) < 4.78 is 52.0. The molecular weight excluding hydrogens is 609 g/mol. The minimum Gasteiger partial charge on any atom is -0.448 e. The first kappa shape index (κ1) is 32.6. The van der Waals surface area contributed by atoms with E-state index in [0.717, 1.165) is 10.6 Å². The van der Waals surface area contributed by atoms with Gasteiger partial charge in [0.15, 0.2) is 11.5 Å². The van der Waals surface area contributed by atoms with Gasteiger partial charge in [0.25, 0.3) is 17.3 Å². The van der Waals surface area contributed by atoms with Crippen molar-refractivity contribution in [3.05, 3.63) is 57.3 Å². The molecule has 1 saturated heterocycles. The molecule has 2 aliphatic rings. The predicted molar refractivity (Wildman–Crippen MR) is 166 cm³/mol. The monoisotopic (exact) mass is 646 g/mol. The number of ether oxygens (including phenoxy) is 2. The van der Waals surface area contributed by atoms with E-state index in [2.05, 4.69) is 20.3 Å². The number of aromatic nitrogens is 3. The molecule has 2 N–H and O–H groups in total. The molecule has 10 nitrogen and oxygen atoms in total. The number of aromatic amines is 1. The number of likely N-dealkylation sites (tertiary alicyclic amines) is 1. The molecule has 0 spiro atoms. The number of H-pyrrole nitrogens is 1. The Morgan fingerprint density at radius 2 is 1.80 bits per heavy atom. The van der Waals surface area contributed by atoms with Crippen molar-refractivity contribution in [2.75, 3.05) is 44.9 Å². The molecule has 2 aliphatic heterocycles. The maximum absolute atomic E-state index is 13.7. The van der Waals surface area contributed by atoms with E-state index in [9.17, 15) is 22.8 Å². The summed E-state index contributed by atoms with van der Waals surface area (Å²) in [6, 6.07) is 3.57. The van der Waals surface area contributed by atoms with Crippen molar-refractivity contribution in [1.82, 2.24) is 25.2 Å². The molecule has 4 heterocycles. The Hall–Kier alpha value is -3.78. The van der Waals surface area contributed by atoms with E-state index in [1.807, 2.05) is 26.4 Å². The lowest BCUT2D eigenvalue weighted by atomic mass is 9.89. The van der Waals surface area contributed by atoms with Crippen LogP contribution in [-0.4, -0.2) is 77.7 Å². The fourth-order valence-corrected chi connectivity index (χ4v) is 6.57. The molecule has 2 aromatic heterocycles. The van der Waals surface area contributed by atoms with Crippen molar-refractivity contribution in [3.8, 4) is 22.6 Å². The van der Waals surface area contributed by atoms with Gasteiger partial charge >= 0.3 is 6.18 Å². The molecule has 1 fully saturated rings. The number of pyridine rings is 1. The minimum atomic E-state index is -4.26. The Balaban J connectivity index is 1.47. The fourth-order valence-electron chi connectivity index (χ4n) is 5.86. The molecule has 0 saturated carbocycles. The second kappa shape index (κ2) is 12.5. The summed E-state index contributed by atoms with van der Waals surface area (Å²) in [4.78, 5) is 42.0. The first-order valence-corrected chi connectivity index (χ1v) is 15.8. The number of fused-ring (bicyclic) bond motifs is 1. The quantitative estimate of drug-likeness (QED) is 0.329. The summed E-state index contributed by atoms with van der Waals surface area (Å²) in [7, 11) is 3.65. The van der Waals surface area contributed by atoms with Gasteiger partial charge in [0.2, 0.25) is 5.95 Å². The number of aryl methyl sites for hydroxylation is 1. The van der Waals surface area contributed by atoms with E-state index < -0.39 is 24.4 Å². The summed E-state index contributed by atoms with van der Waals surface area (Å²) in [5, 5.41) is 2.89. The maximum atomic E-state index is 13.7. The molecule has 0 aliphatic carbocycles. The van der Waals surface area contributed by atoms with Crippen LogP contribution >= 0.6 is 11.8 Å². The third-order valence-corrected chi connectivity index (χ3v) is 9.10. The fraction of sp³-hybridized carbons (Fsp3) is 0.484. The molecule has 1 aromatic carbocycles. The highest BCUT2D eigenvalue weighted by atomic mass is 32.2. The summed E-state index contributed by atoms with van der Waals surface area (Å²) >= 11 is 1.43. The predicted octanol–water partition coefficient (Wildman–Crippen LogP) is 4.93. The second-order valence-electron chi connectivity index (χ2n) is 11.8. The van der Waals surface area contributed by atoms with Crippen LogP contribution in [0.2, 0.25) is 0 Å². The zero-order valence-corrected chi connectivity index (χ0v) is 26.9. The molecule has 1 amide bonds. The van der Waals surface area contributed by atoms with Gasteiger partial charge in [-0.1, -0.05) is 0 Å². The van der Waals surface area contributed by atoms with Gasteiger partial charge in [-0.2, -0.15) is 13.2 Å². The molecular formula is C31H37F3N6O4S. The summed E-state index contributed by atoms with van der Waals surface area (Å²) in [6.45, 7) is 4.94. The van der Waals surface area contributed by atoms with E-state index in [1.54, 1.807) is 44.1 Å². The number of hydrogen-bond donors (Lipinski definition) is 2. The van der Waals surface area contributed by atoms with Crippen LogP contribution in [0.15, 0.2) is 34.2 Å². The lowest BCUT2D eigenvalue weighted by Crippen LogP contribution is -2.49. The highest BCUT2D eigenvalue weighted by Gasteiger charge is 2.48. The third kappa shape index (κ3) is 6.91. The van der Waals surface area contributed by atoms with Gasteiger partial charge in [0.05, 0.1) is 6.54 Å². The van der Waals surface area contributed by atoms with Crippen molar-refractivity contribution in [1.29, 1.82) is 0 Å². The number of hydrogen-bond acceptors (Lipinski definition) is 9. The minimum absolute atomic E-state index is 0.0166. The van der Waals surface area contributed by atoms with Crippen LogP contribution in [0.25, 0.3) is 11.1 Å². The van der Waals surface area contributed by atoms with Crippen molar-refractivity contribution in [3.63, 3.8) is 0 Å². The average molecular weight is 647 g/mol. The number of benzene rings is 1. The van der Waals surface area contributed by atoms with Crippen LogP contribution in [0.5, 0.6) is 11.5 Å². The Morgan fingerprint density at radius 1 is 1.16 bits per heavy atom. The van der Waals surface area contributed by atoms with Crippen LogP contribution in [0, 0.1) is 19.8 Å². The van der Waals surface area contributed by atoms with E-state index in [0.29, 0.717) is 58.1 Å². The van der Waals surface area contributed by atoms with Crippen molar-refractivity contribution in [2.24, 2.45) is 5.92 Å². The Kier molecular flexibility index (Phi) is 9.09. The van der Waals surface area contributed by atoms with Crippen LogP contribution in [0.3, 0.4) is 0 Å². The lowest BCUT2D eigenvalue weighted by Gasteiger charge is -2.39. The molecule has 3 aromatic rings. The number of thioether (sulfide) groups is 1. The molecule has 1 unspecified atom stereocenters. The Bertz CT molecular complexity index is 1640. The number of piperidine rings is 1. The second-order valence-corrected chi connectivity index (χ2v) is 12.7. The first-order valence-electron chi connectivity index (χ1n) is 14.6. The Labute approximate surface area is 263 Å². The van der Waals surface area contributed by atoms with Crippen LogP contribution < -0.4 is 25.2 Å². The zero-order valence-electron chi connectivity index (χ0n) is 26.1. The summed E-state index contributed by atoms with van der Waals surface area (Å²) in [5.41, 5.74) is 2.92. The van der Waals surface area contributed by atoms with E-state index in [-0.39, 0.29) is 31.1 Å². The summed E-state index contributed by atoms with van der Waals surface area (Å²) in [5.74, 6) is -0.455. The standard InChI is InChI=1S/C31H37F3N6O4S/c1-17-11-24(45-6)23(28(42)38-17)15-35-27(41)21-12-22(19-13-36-29(37-14-19)39(4)5)26-25(18(21)2)43-30(3,44-26)20-7-9-40(10-8-20)16-31(32,33)34/h11-14,20H,7-10,15-16H2,1-6H3,(H,35,41)(H,38,42). The van der Waals surface area contributed by atoms with E-state index in [4.69, 9.17) is 9.47 Å². The highest BCUT2D eigenvalue weighted by Crippen LogP contribution is 2.52. The van der Waals surface area contributed by atoms with Crippen LogP contribution in [-0.2, 0) is 6.54 Å². The molecule has 0 radical (unpaired) electrons. The summed E-state index contributed by atoms with van der Waals surface area (Å²) in [6.07, 6.45) is 1.79. The molecule has 14 heteroatoms. The molecule has 242 valence electrons. The normalized spacial score (nSPS) is 18.7. The molecule has 0 bridgehead atoms. The van der Waals surface area contributed by atoms with Gasteiger partial charge in [-0.3, -0.25) is 14.5 Å². The van der Waals surface area contributed by atoms with E-state index >= 15 is 0 Å². The van der Waals surface area contributed by atoms with Crippen LogP contribution in [0.1, 0.15) is 46.9 Å². The average Bonchev–Trinajstić information content (AvgIpc) is 3.35. The van der Waals surface area contributed by atoms with Gasteiger partial charge in [-0.25, -0.2) is 9.97 Å². The number of halogens is 3. The van der Waals surface area contributed by atoms with E-state index in [1.165, 1.54) is 16.7 Å². The number of amides is 1. The molecule has 1 atom stereocenters. The number of nitrogens with zero attached hydrogens (tertiary/aromatic N) is 4. The van der Waals surface area contributed by atoms with Gasteiger partial charge in [0.1, 0.15) is 0 Å². The first-order chi connectivity index (χ1) is 21.2. The lowest BCUT2D eigenvalue weighted by molar-refractivity contribution is -0.159. The zero-order chi connectivity index (χ0) is 32.7. The Morgan fingerprint density at radius 3 is 2.40 bits per heavy atom. The number of carbonyl (C=O) groups excluding carboxylic acids is 1. The topological polar surface area (TPSA) is 113 Å². The van der Waals surface area contributed by atoms with Crippen molar-refractivity contribution in [2.45, 2.75) is 57.0 Å². The van der Waals surface area contributed by atoms with Gasteiger partial charge in [-0.05, 0) is 58.2 Å². The van der Waals surface area contributed by atoms with Crippen molar-refractivity contribution >= 4 is 23.6 Å².